The van der Waals surface area contributed by atoms with Gasteiger partial charge in [0.2, 0.25) is 0 Å². The van der Waals surface area contributed by atoms with E-state index in [1.807, 2.05) is 48.5 Å². The number of hydrogen-bond acceptors (Lipinski definition) is 2. The molecular weight excluding hydrogens is 401 g/mol. The summed E-state index contributed by atoms with van der Waals surface area (Å²) in [6, 6.07) is 28.3. The summed E-state index contributed by atoms with van der Waals surface area (Å²) in [5, 5.41) is 12.8. The number of nitrogens with zero attached hydrogens (tertiary/aromatic N) is 1. The average Bonchev–Trinajstić information content (AvgIpc) is 2.69. The largest absolute Gasteiger partial charge is 0.384 e. The maximum absolute atomic E-state index is 12.1. The Hall–Kier alpha value is -1.84. The summed E-state index contributed by atoms with van der Waals surface area (Å²) in [4.78, 5) is 2.15. The number of aliphatic hydroxyl groups is 1. The summed E-state index contributed by atoms with van der Waals surface area (Å²) in [5.41, 5.74) is 2.25. The second-order valence-electron chi connectivity index (χ2n) is 7.74. The molecule has 29 heavy (non-hydrogen) atoms. The standard InChI is InChI=1S/C25H28ClNO.ClH/c1-27(2)19-23(17-20-9-5-3-6-10-20)25(28,18-21-11-7-4-8-12-21)22-13-15-24(26)16-14-22;/h3-16,23,28H,17-19H2,1-2H3;1H. The van der Waals surface area contributed by atoms with Gasteiger partial charge < -0.3 is 10.0 Å². The summed E-state index contributed by atoms with van der Waals surface area (Å²) >= 11 is 6.13. The second kappa shape index (κ2) is 10.8. The molecule has 0 aliphatic carbocycles. The van der Waals surface area contributed by atoms with Crippen LogP contribution in [0.15, 0.2) is 84.9 Å². The van der Waals surface area contributed by atoms with Gasteiger partial charge in [0.15, 0.2) is 0 Å². The normalized spacial score (nSPS) is 14.1. The van der Waals surface area contributed by atoms with E-state index in [9.17, 15) is 5.11 Å². The highest BCUT2D eigenvalue weighted by atomic mass is 35.5. The van der Waals surface area contributed by atoms with Crippen molar-refractivity contribution in [1.82, 2.24) is 4.90 Å². The van der Waals surface area contributed by atoms with Crippen LogP contribution in [-0.2, 0) is 18.4 Å². The van der Waals surface area contributed by atoms with Crippen molar-refractivity contribution < 1.29 is 5.11 Å². The van der Waals surface area contributed by atoms with Gasteiger partial charge in [-0.2, -0.15) is 0 Å². The third-order valence-electron chi connectivity index (χ3n) is 5.25. The first kappa shape index (κ1) is 23.4. The molecule has 0 saturated heterocycles. The Balaban J connectivity index is 0.00000300. The lowest BCUT2D eigenvalue weighted by Gasteiger charge is -2.39. The smallest absolute Gasteiger partial charge is 0.0980 e. The van der Waals surface area contributed by atoms with Crippen molar-refractivity contribution in [2.24, 2.45) is 5.92 Å². The molecule has 2 atom stereocenters. The van der Waals surface area contributed by atoms with E-state index in [2.05, 4.69) is 55.4 Å². The van der Waals surface area contributed by atoms with Crippen molar-refractivity contribution in [1.29, 1.82) is 0 Å². The van der Waals surface area contributed by atoms with Crippen LogP contribution in [0.5, 0.6) is 0 Å². The molecule has 0 aliphatic heterocycles. The summed E-state index contributed by atoms with van der Waals surface area (Å²) < 4.78 is 0. The highest BCUT2D eigenvalue weighted by molar-refractivity contribution is 6.30. The van der Waals surface area contributed by atoms with Gasteiger partial charge >= 0.3 is 0 Å². The van der Waals surface area contributed by atoms with Gasteiger partial charge in [-0.15, -0.1) is 12.4 Å². The Morgan fingerprint density at radius 2 is 1.34 bits per heavy atom. The number of benzene rings is 3. The number of halogens is 2. The lowest BCUT2D eigenvalue weighted by atomic mass is 9.74. The SMILES string of the molecule is CN(C)CC(Cc1ccccc1)C(O)(Cc1ccccc1)c1ccc(Cl)cc1.Cl. The zero-order valence-electron chi connectivity index (χ0n) is 17.0. The topological polar surface area (TPSA) is 23.5 Å². The molecule has 3 aromatic carbocycles. The summed E-state index contributed by atoms with van der Waals surface area (Å²) in [5.74, 6) is 0.0197. The first-order valence-corrected chi connectivity index (χ1v) is 10.1. The highest BCUT2D eigenvalue weighted by Gasteiger charge is 2.39. The summed E-state index contributed by atoms with van der Waals surface area (Å²) in [7, 11) is 4.12. The molecule has 3 rings (SSSR count). The number of rotatable bonds is 8. The molecule has 0 spiro atoms. The van der Waals surface area contributed by atoms with Crippen LogP contribution >= 0.6 is 24.0 Å². The van der Waals surface area contributed by atoms with Crippen LogP contribution in [0, 0.1) is 5.92 Å². The van der Waals surface area contributed by atoms with Crippen LogP contribution in [0.1, 0.15) is 16.7 Å². The molecule has 1 N–H and O–H groups in total. The van der Waals surface area contributed by atoms with Gasteiger partial charge in [-0.05, 0) is 49.3 Å². The Kier molecular flexibility index (Phi) is 8.73. The Bertz CT molecular complexity index is 853. The Morgan fingerprint density at radius 1 is 0.828 bits per heavy atom. The van der Waals surface area contributed by atoms with Gasteiger partial charge in [0, 0.05) is 23.9 Å². The fraction of sp³-hybridized carbons (Fsp3) is 0.280. The van der Waals surface area contributed by atoms with Gasteiger partial charge in [0.05, 0.1) is 5.60 Å². The number of hydrogen-bond donors (Lipinski definition) is 1. The summed E-state index contributed by atoms with van der Waals surface area (Å²) in [6.07, 6.45) is 1.35. The predicted molar refractivity (Wildman–Crippen MR) is 125 cm³/mol. The first-order chi connectivity index (χ1) is 13.5. The molecule has 0 saturated carbocycles. The van der Waals surface area contributed by atoms with E-state index < -0.39 is 5.60 Å². The van der Waals surface area contributed by atoms with Crippen LogP contribution in [0.3, 0.4) is 0 Å². The molecule has 154 valence electrons. The molecule has 2 nitrogen and oxygen atoms in total. The van der Waals surface area contributed by atoms with Crippen molar-refractivity contribution in [3.8, 4) is 0 Å². The van der Waals surface area contributed by atoms with Gasteiger partial charge in [-0.1, -0.05) is 84.4 Å². The molecule has 3 aromatic rings. The van der Waals surface area contributed by atoms with E-state index in [1.165, 1.54) is 5.56 Å². The van der Waals surface area contributed by atoms with Crippen LogP contribution < -0.4 is 0 Å². The lowest BCUT2D eigenvalue weighted by molar-refractivity contribution is -0.0330. The van der Waals surface area contributed by atoms with Crippen LogP contribution in [0.4, 0.5) is 0 Å². The van der Waals surface area contributed by atoms with E-state index in [0.29, 0.717) is 11.4 Å². The fourth-order valence-corrected chi connectivity index (χ4v) is 3.98. The molecule has 0 aliphatic rings. The van der Waals surface area contributed by atoms with Gasteiger partial charge in [0.25, 0.3) is 0 Å². The summed E-state index contributed by atoms with van der Waals surface area (Å²) in [6.45, 7) is 0.779. The Morgan fingerprint density at radius 3 is 1.86 bits per heavy atom. The molecule has 0 fully saturated rings. The predicted octanol–water partition coefficient (Wildman–Crippen LogP) is 5.61. The van der Waals surface area contributed by atoms with E-state index in [4.69, 9.17) is 11.6 Å². The van der Waals surface area contributed by atoms with Crippen molar-refractivity contribution >= 4 is 24.0 Å². The maximum Gasteiger partial charge on any atom is 0.0980 e. The van der Waals surface area contributed by atoms with Crippen molar-refractivity contribution in [2.75, 3.05) is 20.6 Å². The molecule has 2 unspecified atom stereocenters. The van der Waals surface area contributed by atoms with E-state index in [1.54, 1.807) is 0 Å². The molecule has 0 radical (unpaired) electrons. The molecule has 4 heteroatoms. The lowest BCUT2D eigenvalue weighted by Crippen LogP contribution is -2.43. The molecule has 0 amide bonds. The minimum atomic E-state index is -1.01. The quantitative estimate of drug-likeness (QED) is 0.502. The van der Waals surface area contributed by atoms with Gasteiger partial charge in [-0.3, -0.25) is 0 Å². The molecular formula is C25H29Cl2NO. The third-order valence-corrected chi connectivity index (χ3v) is 5.50. The monoisotopic (exact) mass is 429 g/mol. The average molecular weight is 430 g/mol. The molecule has 0 bridgehead atoms. The zero-order valence-corrected chi connectivity index (χ0v) is 18.5. The van der Waals surface area contributed by atoms with Crippen LogP contribution in [0.25, 0.3) is 0 Å². The second-order valence-corrected chi connectivity index (χ2v) is 8.18. The minimum absolute atomic E-state index is 0. The van der Waals surface area contributed by atoms with E-state index >= 15 is 0 Å². The van der Waals surface area contributed by atoms with Gasteiger partial charge in [0.1, 0.15) is 0 Å². The minimum Gasteiger partial charge on any atom is -0.384 e. The van der Waals surface area contributed by atoms with E-state index in [0.717, 1.165) is 24.1 Å². The third kappa shape index (κ3) is 6.32. The highest BCUT2D eigenvalue weighted by Crippen LogP contribution is 2.36. The van der Waals surface area contributed by atoms with Crippen LogP contribution in [0.2, 0.25) is 5.02 Å². The molecule has 0 aromatic heterocycles. The van der Waals surface area contributed by atoms with Crippen molar-refractivity contribution in [2.45, 2.75) is 18.4 Å². The van der Waals surface area contributed by atoms with Crippen molar-refractivity contribution in [3.05, 3.63) is 107 Å². The molecule has 0 heterocycles. The maximum atomic E-state index is 12.1. The fourth-order valence-electron chi connectivity index (χ4n) is 3.85. The van der Waals surface area contributed by atoms with Gasteiger partial charge in [-0.25, -0.2) is 0 Å². The van der Waals surface area contributed by atoms with Crippen molar-refractivity contribution in [3.63, 3.8) is 0 Å². The zero-order chi connectivity index (χ0) is 20.0. The Labute approximate surface area is 185 Å². The van der Waals surface area contributed by atoms with Crippen LogP contribution in [-0.4, -0.2) is 30.6 Å². The first-order valence-electron chi connectivity index (χ1n) is 9.68. The van der Waals surface area contributed by atoms with E-state index in [-0.39, 0.29) is 18.3 Å².